The van der Waals surface area contributed by atoms with Gasteiger partial charge in [0.1, 0.15) is 5.82 Å². The van der Waals surface area contributed by atoms with Gasteiger partial charge in [-0.2, -0.15) is 15.0 Å². The number of amides is 1. The molecule has 0 saturated heterocycles. The lowest BCUT2D eigenvalue weighted by Crippen LogP contribution is -2.31. The highest BCUT2D eigenvalue weighted by atomic mass is 32.2. The molecule has 3 rings (SSSR count). The van der Waals surface area contributed by atoms with E-state index in [1.165, 1.54) is 11.8 Å². The highest BCUT2D eigenvalue weighted by Gasteiger charge is 2.21. The van der Waals surface area contributed by atoms with Crippen molar-refractivity contribution in [2.24, 2.45) is 0 Å². The van der Waals surface area contributed by atoms with Gasteiger partial charge >= 0.3 is 0 Å². The summed E-state index contributed by atoms with van der Waals surface area (Å²) in [6, 6.07) is 15.1. The van der Waals surface area contributed by atoms with Crippen molar-refractivity contribution in [2.45, 2.75) is 30.9 Å². The van der Waals surface area contributed by atoms with Gasteiger partial charge in [0, 0.05) is 12.2 Å². The molecule has 174 valence electrons. The maximum atomic E-state index is 12.7. The topological polar surface area (TPSA) is 124 Å². The number of thioether (sulfide) groups is 1. The van der Waals surface area contributed by atoms with Crippen molar-refractivity contribution in [3.05, 3.63) is 59.9 Å². The highest BCUT2D eigenvalue weighted by molar-refractivity contribution is 8.00. The van der Waals surface area contributed by atoms with Crippen LogP contribution in [-0.2, 0) is 11.3 Å². The Morgan fingerprint density at radius 1 is 1.03 bits per heavy atom. The predicted molar refractivity (Wildman–Crippen MR) is 131 cm³/mol. The minimum atomic E-state index is -0.330. The molecule has 1 heterocycles. The van der Waals surface area contributed by atoms with E-state index < -0.39 is 0 Å². The average Bonchev–Trinajstić information content (AvgIpc) is 2.82. The van der Waals surface area contributed by atoms with Crippen LogP contribution < -0.4 is 25.8 Å². The van der Waals surface area contributed by atoms with Crippen molar-refractivity contribution in [3.8, 4) is 11.5 Å². The summed E-state index contributed by atoms with van der Waals surface area (Å²) in [5.74, 6) is 2.16. The first-order valence-corrected chi connectivity index (χ1v) is 11.3. The van der Waals surface area contributed by atoms with E-state index in [0.717, 1.165) is 11.3 Å². The van der Waals surface area contributed by atoms with Crippen LogP contribution in [0.1, 0.15) is 30.5 Å². The molecule has 33 heavy (non-hydrogen) atoms. The smallest absolute Gasteiger partial charge is 0.233 e. The number of carbonyl (C=O) groups excluding carboxylic acids is 1. The summed E-state index contributed by atoms with van der Waals surface area (Å²) in [6.45, 7) is 4.16. The van der Waals surface area contributed by atoms with Gasteiger partial charge in [-0.1, -0.05) is 24.3 Å². The van der Waals surface area contributed by atoms with Gasteiger partial charge < -0.3 is 25.8 Å². The number of nitrogens with zero attached hydrogens (tertiary/aromatic N) is 3. The van der Waals surface area contributed by atoms with Crippen LogP contribution in [0.5, 0.6) is 11.5 Å². The van der Waals surface area contributed by atoms with Crippen LogP contribution in [0.3, 0.4) is 0 Å². The molecule has 0 aliphatic carbocycles. The maximum absolute atomic E-state index is 12.7. The molecule has 0 saturated carbocycles. The highest BCUT2D eigenvalue weighted by Crippen LogP contribution is 2.31. The zero-order valence-corrected chi connectivity index (χ0v) is 19.8. The number of anilines is 3. The third-order valence-corrected chi connectivity index (χ3v) is 6.00. The van der Waals surface area contributed by atoms with E-state index in [0.29, 0.717) is 29.8 Å². The summed E-state index contributed by atoms with van der Waals surface area (Å²) >= 11 is 1.44. The minimum absolute atomic E-state index is 0.0914. The van der Waals surface area contributed by atoms with Gasteiger partial charge in [-0.3, -0.25) is 4.79 Å². The van der Waals surface area contributed by atoms with E-state index in [9.17, 15) is 4.79 Å². The second kappa shape index (κ2) is 11.4. The van der Waals surface area contributed by atoms with Crippen molar-refractivity contribution in [2.75, 3.05) is 25.3 Å². The molecule has 2 aromatic carbocycles. The number of methoxy groups -OCH3 is 2. The molecule has 0 aliphatic rings. The molecule has 9 nitrogen and oxygen atoms in total. The molecule has 1 amide bonds. The van der Waals surface area contributed by atoms with Crippen molar-refractivity contribution in [3.63, 3.8) is 0 Å². The number of carbonyl (C=O) groups is 1. The molecule has 2 atom stereocenters. The minimum Gasteiger partial charge on any atom is -0.493 e. The van der Waals surface area contributed by atoms with Gasteiger partial charge in [0.25, 0.3) is 0 Å². The Morgan fingerprint density at radius 2 is 1.76 bits per heavy atom. The number of ether oxygens (including phenoxy) is 2. The van der Waals surface area contributed by atoms with E-state index in [4.69, 9.17) is 15.2 Å². The first kappa shape index (κ1) is 24.1. The Kier molecular flexibility index (Phi) is 8.31. The third-order valence-electron chi connectivity index (χ3n) is 4.76. The van der Waals surface area contributed by atoms with E-state index in [1.807, 2.05) is 62.4 Å². The van der Waals surface area contributed by atoms with Crippen molar-refractivity contribution < 1.29 is 14.3 Å². The van der Waals surface area contributed by atoms with Gasteiger partial charge in [0.05, 0.1) is 24.7 Å². The first-order valence-electron chi connectivity index (χ1n) is 10.4. The number of nitrogens with two attached hydrogens (primary N) is 1. The number of para-hydroxylation sites is 1. The first-order chi connectivity index (χ1) is 15.9. The molecular weight excluding hydrogens is 440 g/mol. The number of nitrogens with one attached hydrogen (secondary N) is 2. The standard InChI is InChI=1S/C23H28N6O3S/c1-14(20-27-22(24)29-23(28-20)26-17-8-6-5-7-9-17)33-15(2)21(30)25-13-16-10-11-18(31-3)19(12-16)32-4/h5-12,14-15H,13H2,1-4H3,(H,25,30)(H3,24,26,27,28,29). The summed E-state index contributed by atoms with van der Waals surface area (Å²) in [7, 11) is 3.16. The fourth-order valence-electron chi connectivity index (χ4n) is 3.05. The normalized spacial score (nSPS) is 12.5. The lowest BCUT2D eigenvalue weighted by molar-refractivity contribution is -0.120. The van der Waals surface area contributed by atoms with Gasteiger partial charge in [-0.15, -0.1) is 11.8 Å². The fraction of sp³-hybridized carbons (Fsp3) is 0.304. The lowest BCUT2D eigenvalue weighted by Gasteiger charge is -2.17. The molecule has 0 aliphatic heterocycles. The third kappa shape index (κ3) is 6.72. The summed E-state index contributed by atoms with van der Waals surface area (Å²) in [4.78, 5) is 25.5. The average molecular weight is 469 g/mol. The number of benzene rings is 2. The molecule has 3 aromatic rings. The molecule has 4 N–H and O–H groups in total. The number of hydrogen-bond donors (Lipinski definition) is 3. The second-order valence-corrected chi connectivity index (χ2v) is 8.88. The zero-order chi connectivity index (χ0) is 23.8. The molecule has 0 spiro atoms. The van der Waals surface area contributed by atoms with Crippen LogP contribution in [0.4, 0.5) is 17.6 Å². The van der Waals surface area contributed by atoms with Crippen molar-refractivity contribution in [1.82, 2.24) is 20.3 Å². The molecule has 0 bridgehead atoms. The van der Waals surface area contributed by atoms with Crippen LogP contribution in [0.15, 0.2) is 48.5 Å². The summed E-state index contributed by atoms with van der Waals surface area (Å²) in [5.41, 5.74) is 7.64. The Labute approximate surface area is 197 Å². The van der Waals surface area contributed by atoms with E-state index in [-0.39, 0.29) is 22.4 Å². The Morgan fingerprint density at radius 3 is 2.45 bits per heavy atom. The monoisotopic (exact) mass is 468 g/mol. The largest absolute Gasteiger partial charge is 0.493 e. The molecule has 2 unspecified atom stereocenters. The van der Waals surface area contributed by atoms with Gasteiger partial charge in [0.2, 0.25) is 17.8 Å². The van der Waals surface area contributed by atoms with Crippen LogP contribution in [0.2, 0.25) is 0 Å². The van der Waals surface area contributed by atoms with E-state index in [1.54, 1.807) is 14.2 Å². The van der Waals surface area contributed by atoms with Crippen molar-refractivity contribution in [1.29, 1.82) is 0 Å². The van der Waals surface area contributed by atoms with Gasteiger partial charge in [-0.05, 0) is 43.7 Å². The number of aromatic nitrogens is 3. The van der Waals surface area contributed by atoms with Crippen LogP contribution in [-0.4, -0.2) is 40.3 Å². The zero-order valence-electron chi connectivity index (χ0n) is 19.0. The molecule has 0 radical (unpaired) electrons. The van der Waals surface area contributed by atoms with Gasteiger partial charge in [0.15, 0.2) is 11.5 Å². The molecular formula is C23H28N6O3S. The Balaban J connectivity index is 1.59. The number of nitrogen functional groups attached to an aromatic ring is 1. The summed E-state index contributed by atoms with van der Waals surface area (Å²) in [5, 5.41) is 5.57. The molecule has 0 fully saturated rings. The van der Waals surface area contributed by atoms with Gasteiger partial charge in [-0.25, -0.2) is 0 Å². The summed E-state index contributed by atoms with van der Waals surface area (Å²) < 4.78 is 10.6. The molecule has 1 aromatic heterocycles. The van der Waals surface area contributed by atoms with E-state index >= 15 is 0 Å². The Bertz CT molecular complexity index is 1080. The predicted octanol–water partition coefficient (Wildman–Crippen LogP) is 3.71. The second-order valence-electron chi connectivity index (χ2n) is 7.19. The van der Waals surface area contributed by atoms with Crippen LogP contribution in [0, 0.1) is 0 Å². The molecule has 10 heteroatoms. The maximum Gasteiger partial charge on any atom is 0.233 e. The Hall–Kier alpha value is -3.53. The lowest BCUT2D eigenvalue weighted by atomic mass is 10.2. The number of rotatable bonds is 10. The van der Waals surface area contributed by atoms with Crippen LogP contribution >= 0.6 is 11.8 Å². The quantitative estimate of drug-likeness (QED) is 0.408. The van der Waals surface area contributed by atoms with Crippen molar-refractivity contribution >= 4 is 35.3 Å². The fourth-order valence-corrected chi connectivity index (χ4v) is 4.10. The number of hydrogen-bond acceptors (Lipinski definition) is 9. The van der Waals surface area contributed by atoms with Crippen LogP contribution in [0.25, 0.3) is 0 Å². The summed E-state index contributed by atoms with van der Waals surface area (Å²) in [6.07, 6.45) is 0. The SMILES string of the molecule is COc1ccc(CNC(=O)C(C)SC(C)c2nc(N)nc(Nc3ccccc3)n2)cc1OC. The van der Waals surface area contributed by atoms with E-state index in [2.05, 4.69) is 25.6 Å².